The van der Waals surface area contributed by atoms with E-state index in [4.69, 9.17) is 23.7 Å². The van der Waals surface area contributed by atoms with Crippen molar-refractivity contribution in [3.63, 3.8) is 0 Å². The van der Waals surface area contributed by atoms with Gasteiger partial charge in [-0.15, -0.1) is 0 Å². The molecular formula is C39H51N3O8. The van der Waals surface area contributed by atoms with E-state index in [0.29, 0.717) is 51.4 Å². The minimum atomic E-state index is -0.630. The molecule has 2 N–H and O–H groups in total. The second-order valence-corrected chi connectivity index (χ2v) is 13.2. The van der Waals surface area contributed by atoms with Gasteiger partial charge >= 0.3 is 6.09 Å². The van der Waals surface area contributed by atoms with Crippen LogP contribution in [0.4, 0.5) is 10.5 Å². The van der Waals surface area contributed by atoms with Gasteiger partial charge in [0, 0.05) is 43.6 Å². The van der Waals surface area contributed by atoms with Gasteiger partial charge in [-0.25, -0.2) is 4.79 Å². The molecule has 2 unspecified atom stereocenters. The fourth-order valence-corrected chi connectivity index (χ4v) is 5.73. The van der Waals surface area contributed by atoms with Crippen molar-refractivity contribution >= 4 is 23.6 Å². The minimum absolute atomic E-state index is 0.0520. The third-order valence-electron chi connectivity index (χ3n) is 8.16. The smallest absolute Gasteiger partial charge is 0.410 e. The van der Waals surface area contributed by atoms with Crippen LogP contribution in [0, 0.1) is 0 Å². The minimum Gasteiger partial charge on any atom is -0.496 e. The third kappa shape index (κ3) is 12.4. The van der Waals surface area contributed by atoms with Gasteiger partial charge in [-0.05, 0) is 69.0 Å². The van der Waals surface area contributed by atoms with Crippen molar-refractivity contribution in [2.75, 3.05) is 51.9 Å². The number of likely N-dealkylation sites (tertiary alicyclic amines) is 1. The van der Waals surface area contributed by atoms with E-state index in [1.54, 1.807) is 12.0 Å². The van der Waals surface area contributed by atoms with Crippen LogP contribution in [0.5, 0.6) is 11.5 Å². The summed E-state index contributed by atoms with van der Waals surface area (Å²) in [6, 6.07) is 23.2. The van der Waals surface area contributed by atoms with Gasteiger partial charge in [0.25, 0.3) is 0 Å². The summed E-state index contributed by atoms with van der Waals surface area (Å²) in [5.74, 6) is 1.10. The molecule has 11 nitrogen and oxygen atoms in total. The van der Waals surface area contributed by atoms with Crippen LogP contribution >= 0.6 is 0 Å². The van der Waals surface area contributed by atoms with Gasteiger partial charge in [0.1, 0.15) is 23.7 Å². The van der Waals surface area contributed by atoms with Gasteiger partial charge in [-0.2, -0.15) is 0 Å². The van der Waals surface area contributed by atoms with Crippen molar-refractivity contribution in [2.45, 2.75) is 71.2 Å². The van der Waals surface area contributed by atoms with Crippen LogP contribution in [-0.4, -0.2) is 81.1 Å². The fourth-order valence-electron chi connectivity index (χ4n) is 5.73. The van der Waals surface area contributed by atoms with Crippen LogP contribution in [0.3, 0.4) is 0 Å². The second-order valence-electron chi connectivity index (χ2n) is 13.2. The SMILES string of the molecule is COc1ccccc1COCCCOc1ccc(C2CCN(C(=O)OC(C)(C)C)CC2OCC(=O)Nc2ccccc2CCNC(C)=O)cc1. The molecule has 0 bridgehead atoms. The summed E-state index contributed by atoms with van der Waals surface area (Å²) in [7, 11) is 1.65. The average molecular weight is 690 g/mol. The van der Waals surface area contributed by atoms with Gasteiger partial charge in [0.2, 0.25) is 11.8 Å². The van der Waals surface area contributed by atoms with Crippen molar-refractivity contribution in [1.82, 2.24) is 10.2 Å². The standard InChI is InChI=1S/C39H51N3O8/c1-28(43)40-21-19-30-11-6-8-13-34(30)41-37(44)27-49-36-25-42(38(45)50-39(2,3)4)22-20-33(36)29-15-17-32(18-16-29)48-24-10-23-47-26-31-12-7-9-14-35(31)46-5/h6-9,11-18,33,36H,10,19-27H2,1-5H3,(H,40,43)(H,41,44). The number of methoxy groups -OCH3 is 1. The first-order chi connectivity index (χ1) is 24.0. The largest absolute Gasteiger partial charge is 0.496 e. The summed E-state index contributed by atoms with van der Waals surface area (Å²) in [5.41, 5.74) is 2.99. The van der Waals surface area contributed by atoms with Gasteiger partial charge < -0.3 is 39.2 Å². The highest BCUT2D eigenvalue weighted by molar-refractivity contribution is 5.92. The lowest BCUT2D eigenvalue weighted by Crippen LogP contribution is -2.49. The zero-order valence-corrected chi connectivity index (χ0v) is 29.9. The molecule has 0 spiro atoms. The Morgan fingerprint density at radius 1 is 0.920 bits per heavy atom. The summed E-state index contributed by atoms with van der Waals surface area (Å²) < 4.78 is 29.0. The van der Waals surface area contributed by atoms with Crippen LogP contribution in [0.25, 0.3) is 0 Å². The number of rotatable bonds is 16. The van der Waals surface area contributed by atoms with Gasteiger partial charge in [0.15, 0.2) is 0 Å². The average Bonchev–Trinajstić information content (AvgIpc) is 3.09. The number of hydrogen-bond donors (Lipinski definition) is 2. The van der Waals surface area contributed by atoms with Gasteiger partial charge in [-0.1, -0.05) is 48.5 Å². The molecule has 1 heterocycles. The van der Waals surface area contributed by atoms with E-state index in [-0.39, 0.29) is 30.9 Å². The monoisotopic (exact) mass is 689 g/mol. The molecule has 0 radical (unpaired) electrons. The number of amides is 3. The summed E-state index contributed by atoms with van der Waals surface area (Å²) in [5, 5.41) is 5.73. The number of nitrogens with one attached hydrogen (secondary N) is 2. The van der Waals surface area contributed by atoms with E-state index in [9.17, 15) is 14.4 Å². The first-order valence-corrected chi connectivity index (χ1v) is 17.2. The molecule has 2 atom stereocenters. The van der Waals surface area contributed by atoms with E-state index in [2.05, 4.69) is 10.6 Å². The number of hydrogen-bond acceptors (Lipinski definition) is 8. The molecule has 0 aliphatic carbocycles. The van der Waals surface area contributed by atoms with Crippen LogP contribution in [0.2, 0.25) is 0 Å². The molecule has 3 aromatic carbocycles. The Labute approximate surface area is 295 Å². The van der Waals surface area contributed by atoms with Crippen molar-refractivity contribution in [3.8, 4) is 11.5 Å². The normalized spacial score (nSPS) is 16.0. The summed E-state index contributed by atoms with van der Waals surface area (Å²) in [4.78, 5) is 39.0. The Morgan fingerprint density at radius 3 is 2.36 bits per heavy atom. The highest BCUT2D eigenvalue weighted by atomic mass is 16.6. The third-order valence-corrected chi connectivity index (χ3v) is 8.16. The van der Waals surface area contributed by atoms with Crippen molar-refractivity contribution in [2.24, 2.45) is 0 Å². The topological polar surface area (TPSA) is 125 Å². The molecule has 1 aliphatic heterocycles. The molecule has 1 fully saturated rings. The highest BCUT2D eigenvalue weighted by Gasteiger charge is 2.35. The van der Waals surface area contributed by atoms with E-state index >= 15 is 0 Å². The molecule has 3 amide bonds. The van der Waals surface area contributed by atoms with Crippen LogP contribution in [0.1, 0.15) is 63.1 Å². The maximum atomic E-state index is 13.1. The van der Waals surface area contributed by atoms with Crippen LogP contribution < -0.4 is 20.1 Å². The number of ether oxygens (including phenoxy) is 5. The Balaban J connectivity index is 1.33. The molecular weight excluding hydrogens is 638 g/mol. The van der Waals surface area contributed by atoms with E-state index in [1.807, 2.05) is 93.6 Å². The van der Waals surface area contributed by atoms with E-state index < -0.39 is 17.8 Å². The number of nitrogens with zero attached hydrogens (tertiary/aromatic N) is 1. The number of piperidine rings is 1. The second kappa shape index (κ2) is 19.0. The maximum absolute atomic E-state index is 13.1. The number of para-hydroxylation sites is 2. The summed E-state index contributed by atoms with van der Waals surface area (Å²) in [6.45, 7) is 9.58. The van der Waals surface area contributed by atoms with Crippen molar-refractivity contribution in [1.29, 1.82) is 0 Å². The Kier molecular flexibility index (Phi) is 14.5. The number of anilines is 1. The zero-order valence-electron chi connectivity index (χ0n) is 29.9. The quantitative estimate of drug-likeness (QED) is 0.173. The van der Waals surface area contributed by atoms with Crippen molar-refractivity contribution in [3.05, 3.63) is 89.5 Å². The highest BCUT2D eigenvalue weighted by Crippen LogP contribution is 2.32. The van der Waals surface area contributed by atoms with E-state index in [0.717, 1.165) is 34.6 Å². The fraction of sp³-hybridized carbons (Fsp3) is 0.462. The Morgan fingerprint density at radius 2 is 1.64 bits per heavy atom. The number of carbonyl (C=O) groups is 3. The molecule has 0 aromatic heterocycles. The molecule has 50 heavy (non-hydrogen) atoms. The Hall–Kier alpha value is -4.61. The predicted octanol–water partition coefficient (Wildman–Crippen LogP) is 6.11. The molecule has 4 rings (SSSR count). The van der Waals surface area contributed by atoms with E-state index in [1.165, 1.54) is 6.92 Å². The van der Waals surface area contributed by atoms with Crippen molar-refractivity contribution < 1.29 is 38.1 Å². The van der Waals surface area contributed by atoms with Crippen LogP contribution in [0.15, 0.2) is 72.8 Å². The molecule has 3 aromatic rings. The lowest BCUT2D eigenvalue weighted by atomic mass is 9.87. The van der Waals surface area contributed by atoms with Gasteiger partial charge in [-0.3, -0.25) is 9.59 Å². The lowest BCUT2D eigenvalue weighted by molar-refractivity contribution is -0.124. The molecule has 0 saturated carbocycles. The number of benzene rings is 3. The molecule has 1 saturated heterocycles. The first kappa shape index (κ1) is 38.2. The molecule has 270 valence electrons. The van der Waals surface area contributed by atoms with Crippen LogP contribution in [-0.2, 0) is 36.8 Å². The summed E-state index contributed by atoms with van der Waals surface area (Å²) >= 11 is 0. The zero-order chi connectivity index (χ0) is 35.9. The number of carbonyl (C=O) groups excluding carboxylic acids is 3. The Bertz CT molecular complexity index is 1540. The lowest BCUT2D eigenvalue weighted by Gasteiger charge is -2.39. The van der Waals surface area contributed by atoms with Gasteiger partial charge in [0.05, 0.1) is 39.6 Å². The first-order valence-electron chi connectivity index (χ1n) is 17.2. The molecule has 1 aliphatic rings. The summed E-state index contributed by atoms with van der Waals surface area (Å²) in [6.07, 6.45) is 1.10. The molecule has 11 heteroatoms. The predicted molar refractivity (Wildman–Crippen MR) is 192 cm³/mol. The maximum Gasteiger partial charge on any atom is 0.410 e.